The zero-order valence-corrected chi connectivity index (χ0v) is 7.52. The van der Waals surface area contributed by atoms with Crippen molar-refractivity contribution in [2.45, 2.75) is 6.92 Å². The Labute approximate surface area is 80.5 Å². The molecule has 1 aromatic rings. The Bertz CT molecular complexity index is 362. The lowest BCUT2D eigenvalue weighted by Gasteiger charge is -2.03. The summed E-state index contributed by atoms with van der Waals surface area (Å²) in [5.74, 6) is 0.0957. The Morgan fingerprint density at radius 2 is 2.29 bits per heavy atom. The highest BCUT2D eigenvalue weighted by Crippen LogP contribution is 2.27. The smallest absolute Gasteiger partial charge is 0.310 e. The normalized spacial score (nSPS) is 9.50. The second-order valence-corrected chi connectivity index (χ2v) is 2.47. The molecule has 0 aromatic heterocycles. The van der Waals surface area contributed by atoms with Crippen LogP contribution in [0, 0.1) is 10.1 Å². The monoisotopic (exact) mass is 194 g/mol. The van der Waals surface area contributed by atoms with Gasteiger partial charge >= 0.3 is 5.69 Å². The van der Waals surface area contributed by atoms with E-state index < -0.39 is 4.92 Å². The van der Waals surface area contributed by atoms with Gasteiger partial charge in [0, 0.05) is 11.6 Å². The van der Waals surface area contributed by atoms with Gasteiger partial charge in [0.25, 0.3) is 0 Å². The number of rotatable bonds is 4. The third kappa shape index (κ3) is 2.07. The highest BCUT2D eigenvalue weighted by Gasteiger charge is 2.14. The maximum Gasteiger partial charge on any atom is 0.310 e. The molecule has 5 heteroatoms. The van der Waals surface area contributed by atoms with Crippen LogP contribution in [-0.4, -0.2) is 17.8 Å². The standard InChI is InChI=1S/C9H8NO4/c1-2-14-9-5-7(6-11)3-4-8(9)10(12)13/h3-5H,2H2,1H3. The van der Waals surface area contributed by atoms with E-state index in [9.17, 15) is 14.9 Å². The predicted octanol–water partition coefficient (Wildman–Crippen LogP) is 1.45. The predicted molar refractivity (Wildman–Crippen MR) is 49.1 cm³/mol. The van der Waals surface area contributed by atoms with Crippen LogP contribution >= 0.6 is 0 Å². The topological polar surface area (TPSA) is 69.4 Å². The van der Waals surface area contributed by atoms with E-state index >= 15 is 0 Å². The Hall–Kier alpha value is -1.91. The molecule has 0 atom stereocenters. The second kappa shape index (κ2) is 4.36. The summed E-state index contributed by atoms with van der Waals surface area (Å²) >= 11 is 0. The largest absolute Gasteiger partial charge is 0.487 e. The molecule has 0 bridgehead atoms. The fraction of sp³-hybridized carbons (Fsp3) is 0.222. The van der Waals surface area contributed by atoms with Crippen molar-refractivity contribution >= 4 is 12.0 Å². The van der Waals surface area contributed by atoms with E-state index in [1.54, 1.807) is 13.2 Å². The summed E-state index contributed by atoms with van der Waals surface area (Å²) in [5, 5.41) is 10.5. The summed E-state index contributed by atoms with van der Waals surface area (Å²) < 4.78 is 5.02. The van der Waals surface area contributed by atoms with Crippen LogP contribution in [0.3, 0.4) is 0 Å². The lowest BCUT2D eigenvalue weighted by molar-refractivity contribution is -0.385. The van der Waals surface area contributed by atoms with E-state index in [1.165, 1.54) is 18.2 Å². The van der Waals surface area contributed by atoms with E-state index in [0.717, 1.165) is 0 Å². The molecule has 5 nitrogen and oxygen atoms in total. The van der Waals surface area contributed by atoms with Crippen molar-refractivity contribution in [3.63, 3.8) is 0 Å². The molecule has 0 heterocycles. The van der Waals surface area contributed by atoms with Gasteiger partial charge in [-0.05, 0) is 19.1 Å². The molecule has 0 aliphatic heterocycles. The quantitative estimate of drug-likeness (QED) is 0.537. The van der Waals surface area contributed by atoms with Gasteiger partial charge in [0.2, 0.25) is 6.29 Å². The molecule has 1 radical (unpaired) electrons. The lowest BCUT2D eigenvalue weighted by Crippen LogP contribution is -1.98. The Morgan fingerprint density at radius 1 is 1.57 bits per heavy atom. The van der Waals surface area contributed by atoms with Gasteiger partial charge in [0.15, 0.2) is 5.75 Å². The van der Waals surface area contributed by atoms with Gasteiger partial charge in [-0.3, -0.25) is 14.9 Å². The van der Waals surface area contributed by atoms with Crippen molar-refractivity contribution in [1.82, 2.24) is 0 Å². The third-order valence-electron chi connectivity index (χ3n) is 1.57. The molecule has 0 aliphatic carbocycles. The molecule has 0 unspecified atom stereocenters. The zero-order chi connectivity index (χ0) is 10.6. The van der Waals surface area contributed by atoms with Crippen LogP contribution in [0.4, 0.5) is 5.69 Å². The molecule has 0 spiro atoms. The minimum atomic E-state index is -0.556. The Balaban J connectivity index is 3.16. The first-order chi connectivity index (χ1) is 6.69. The third-order valence-corrected chi connectivity index (χ3v) is 1.57. The maximum atomic E-state index is 10.5. The first-order valence-electron chi connectivity index (χ1n) is 3.98. The molecule has 0 amide bonds. The summed E-state index contributed by atoms with van der Waals surface area (Å²) in [5.41, 5.74) is 0.0879. The molecule has 0 saturated carbocycles. The van der Waals surface area contributed by atoms with Gasteiger partial charge < -0.3 is 4.74 Å². The van der Waals surface area contributed by atoms with Gasteiger partial charge in [0.05, 0.1) is 11.5 Å². The van der Waals surface area contributed by atoms with Crippen molar-refractivity contribution in [2.24, 2.45) is 0 Å². The van der Waals surface area contributed by atoms with Crippen LogP contribution in [0.25, 0.3) is 0 Å². The highest BCUT2D eigenvalue weighted by atomic mass is 16.6. The van der Waals surface area contributed by atoms with Crippen molar-refractivity contribution < 1.29 is 14.5 Å². The number of benzene rings is 1. The molecule has 73 valence electrons. The summed E-state index contributed by atoms with van der Waals surface area (Å²) in [7, 11) is 0. The van der Waals surface area contributed by atoms with Gasteiger partial charge in [-0.15, -0.1) is 0 Å². The molecular weight excluding hydrogens is 186 g/mol. The van der Waals surface area contributed by atoms with E-state index in [-0.39, 0.29) is 17.0 Å². The van der Waals surface area contributed by atoms with Crippen molar-refractivity contribution in [1.29, 1.82) is 0 Å². The highest BCUT2D eigenvalue weighted by molar-refractivity contribution is 5.77. The fourth-order valence-electron chi connectivity index (χ4n) is 1.000. The van der Waals surface area contributed by atoms with E-state index in [1.807, 2.05) is 0 Å². The summed E-state index contributed by atoms with van der Waals surface area (Å²) in [6.07, 6.45) is 1.64. The average Bonchev–Trinajstić information content (AvgIpc) is 2.17. The van der Waals surface area contributed by atoms with Gasteiger partial charge in [-0.25, -0.2) is 0 Å². The molecular formula is C9H8NO4. The van der Waals surface area contributed by atoms with E-state index in [4.69, 9.17) is 4.74 Å². The SMILES string of the molecule is CCOc1cc([C]=O)ccc1[N+](=O)[O-]. The van der Waals surface area contributed by atoms with Gasteiger partial charge in [0.1, 0.15) is 0 Å². The molecule has 0 N–H and O–H groups in total. The number of ether oxygens (including phenoxy) is 1. The Morgan fingerprint density at radius 3 is 2.79 bits per heavy atom. The molecule has 1 aromatic carbocycles. The molecule has 0 fully saturated rings. The first kappa shape index (κ1) is 10.2. The van der Waals surface area contributed by atoms with Gasteiger partial charge in [-0.2, -0.15) is 0 Å². The minimum Gasteiger partial charge on any atom is -0.487 e. The molecule has 14 heavy (non-hydrogen) atoms. The average molecular weight is 194 g/mol. The summed E-state index contributed by atoms with van der Waals surface area (Å²) in [6, 6.07) is 3.85. The number of carbonyl (C=O) groups excluding carboxylic acids is 1. The zero-order valence-electron chi connectivity index (χ0n) is 7.52. The second-order valence-electron chi connectivity index (χ2n) is 2.47. The lowest BCUT2D eigenvalue weighted by atomic mass is 10.2. The van der Waals surface area contributed by atoms with Crippen LogP contribution in [0.1, 0.15) is 12.5 Å². The van der Waals surface area contributed by atoms with Crippen molar-refractivity contribution in [3.8, 4) is 5.75 Å². The van der Waals surface area contributed by atoms with Gasteiger partial charge in [-0.1, -0.05) is 0 Å². The van der Waals surface area contributed by atoms with Crippen molar-refractivity contribution in [3.05, 3.63) is 33.9 Å². The molecule has 1 rings (SSSR count). The molecule has 0 saturated heterocycles. The number of nitro groups is 1. The van der Waals surface area contributed by atoms with E-state index in [2.05, 4.69) is 0 Å². The maximum absolute atomic E-state index is 10.5. The summed E-state index contributed by atoms with van der Waals surface area (Å²) in [4.78, 5) is 20.3. The number of hydrogen-bond donors (Lipinski definition) is 0. The first-order valence-corrected chi connectivity index (χ1v) is 3.98. The van der Waals surface area contributed by atoms with Crippen LogP contribution < -0.4 is 4.74 Å². The Kier molecular flexibility index (Phi) is 3.17. The van der Waals surface area contributed by atoms with Crippen LogP contribution in [0.5, 0.6) is 5.75 Å². The minimum absolute atomic E-state index is 0.0957. The van der Waals surface area contributed by atoms with Crippen LogP contribution in [-0.2, 0) is 4.79 Å². The number of nitro benzene ring substituents is 1. The van der Waals surface area contributed by atoms with E-state index in [0.29, 0.717) is 6.61 Å². The van der Waals surface area contributed by atoms with Crippen LogP contribution in [0.15, 0.2) is 18.2 Å². The fourth-order valence-corrected chi connectivity index (χ4v) is 1.000. The number of nitrogens with zero attached hydrogens (tertiary/aromatic N) is 1. The summed E-state index contributed by atoms with van der Waals surface area (Å²) in [6.45, 7) is 2.02. The van der Waals surface area contributed by atoms with Crippen molar-refractivity contribution in [2.75, 3.05) is 6.61 Å². The molecule has 0 aliphatic rings. The number of hydrogen-bond acceptors (Lipinski definition) is 4. The van der Waals surface area contributed by atoms with Crippen LogP contribution in [0.2, 0.25) is 0 Å².